The van der Waals surface area contributed by atoms with Gasteiger partial charge in [0.25, 0.3) is 0 Å². The van der Waals surface area contributed by atoms with E-state index in [0.29, 0.717) is 5.41 Å². The van der Waals surface area contributed by atoms with Gasteiger partial charge in [0, 0.05) is 33.4 Å². The van der Waals surface area contributed by atoms with Crippen molar-refractivity contribution in [3.8, 4) is 0 Å². The molecule has 0 atom stereocenters. The molecule has 0 unspecified atom stereocenters. The maximum absolute atomic E-state index is 13.2. The van der Waals surface area contributed by atoms with Gasteiger partial charge in [-0.15, -0.1) is 0 Å². The summed E-state index contributed by atoms with van der Waals surface area (Å²) in [6.45, 7) is 5.28. The Bertz CT molecular complexity index is 541. The van der Waals surface area contributed by atoms with Gasteiger partial charge in [0.2, 0.25) is 0 Å². The lowest BCUT2D eigenvalue weighted by Crippen LogP contribution is -2.39. The van der Waals surface area contributed by atoms with Crippen molar-refractivity contribution in [2.45, 2.75) is 45.4 Å². The first-order valence-electron chi connectivity index (χ1n) is 9.43. The third-order valence-corrected chi connectivity index (χ3v) is 5.01. The molecule has 0 spiro atoms. The van der Waals surface area contributed by atoms with Gasteiger partial charge in [0.15, 0.2) is 5.96 Å². The number of ether oxygens (including phenoxy) is 1. The van der Waals surface area contributed by atoms with Crippen LogP contribution in [0.2, 0.25) is 0 Å². The summed E-state index contributed by atoms with van der Waals surface area (Å²) >= 11 is 0. The summed E-state index contributed by atoms with van der Waals surface area (Å²) in [6.07, 6.45) is 6.92. The SMILES string of the molecule is CCNC(=NCC1(CCOC)CCCC1)NCCc1cccc(F)c1. The smallest absolute Gasteiger partial charge is 0.191 e. The van der Waals surface area contributed by atoms with Gasteiger partial charge in [0.1, 0.15) is 5.82 Å². The second-order valence-corrected chi connectivity index (χ2v) is 6.95. The van der Waals surface area contributed by atoms with Crippen molar-refractivity contribution in [2.75, 3.05) is 33.4 Å². The topological polar surface area (TPSA) is 45.7 Å². The minimum Gasteiger partial charge on any atom is -0.385 e. The van der Waals surface area contributed by atoms with E-state index in [-0.39, 0.29) is 5.82 Å². The molecule has 140 valence electrons. The largest absolute Gasteiger partial charge is 0.385 e. The Hall–Kier alpha value is -1.62. The predicted octanol–water partition coefficient (Wildman–Crippen LogP) is 3.52. The van der Waals surface area contributed by atoms with E-state index in [1.807, 2.05) is 6.07 Å². The van der Waals surface area contributed by atoms with Crippen LogP contribution < -0.4 is 10.6 Å². The molecule has 1 aromatic carbocycles. The first-order chi connectivity index (χ1) is 12.2. The normalized spacial score (nSPS) is 16.8. The van der Waals surface area contributed by atoms with Crippen molar-refractivity contribution in [1.82, 2.24) is 10.6 Å². The third kappa shape index (κ3) is 6.65. The molecule has 0 saturated heterocycles. The Balaban J connectivity index is 1.88. The molecule has 4 nitrogen and oxygen atoms in total. The van der Waals surface area contributed by atoms with Crippen molar-refractivity contribution in [3.63, 3.8) is 0 Å². The number of benzene rings is 1. The van der Waals surface area contributed by atoms with Crippen LogP contribution in [-0.2, 0) is 11.2 Å². The molecule has 0 amide bonds. The minimum absolute atomic E-state index is 0.181. The highest BCUT2D eigenvalue weighted by Gasteiger charge is 2.33. The molecule has 0 aromatic heterocycles. The Kier molecular flexibility index (Phi) is 8.19. The maximum atomic E-state index is 13.2. The fourth-order valence-corrected chi connectivity index (χ4v) is 3.54. The number of hydrogen-bond donors (Lipinski definition) is 2. The zero-order valence-electron chi connectivity index (χ0n) is 15.6. The molecule has 0 aliphatic heterocycles. The second-order valence-electron chi connectivity index (χ2n) is 6.95. The van der Waals surface area contributed by atoms with Crippen LogP contribution in [0.4, 0.5) is 4.39 Å². The van der Waals surface area contributed by atoms with E-state index in [9.17, 15) is 4.39 Å². The van der Waals surface area contributed by atoms with Crippen molar-refractivity contribution >= 4 is 5.96 Å². The number of nitrogens with one attached hydrogen (secondary N) is 2. The Labute approximate surface area is 151 Å². The summed E-state index contributed by atoms with van der Waals surface area (Å²) in [4.78, 5) is 4.83. The summed E-state index contributed by atoms with van der Waals surface area (Å²) in [7, 11) is 1.77. The van der Waals surface area contributed by atoms with E-state index in [4.69, 9.17) is 9.73 Å². The summed E-state index contributed by atoms with van der Waals surface area (Å²) in [5.74, 6) is 0.669. The van der Waals surface area contributed by atoms with E-state index in [1.54, 1.807) is 19.2 Å². The number of halogens is 1. The molecular formula is C20H32FN3O. The van der Waals surface area contributed by atoms with Crippen molar-refractivity contribution in [2.24, 2.45) is 10.4 Å². The highest BCUT2D eigenvalue weighted by Crippen LogP contribution is 2.41. The van der Waals surface area contributed by atoms with Gasteiger partial charge in [-0.3, -0.25) is 4.99 Å². The molecule has 25 heavy (non-hydrogen) atoms. The molecule has 0 bridgehead atoms. The lowest BCUT2D eigenvalue weighted by atomic mass is 9.83. The average molecular weight is 349 g/mol. The fraction of sp³-hybridized carbons (Fsp3) is 0.650. The van der Waals surface area contributed by atoms with Gasteiger partial charge in [-0.1, -0.05) is 25.0 Å². The van der Waals surface area contributed by atoms with Crippen molar-refractivity contribution < 1.29 is 9.13 Å². The van der Waals surface area contributed by atoms with Crippen LogP contribution in [0.1, 0.15) is 44.6 Å². The van der Waals surface area contributed by atoms with Gasteiger partial charge < -0.3 is 15.4 Å². The Morgan fingerprint density at radius 1 is 1.28 bits per heavy atom. The fourth-order valence-electron chi connectivity index (χ4n) is 3.54. The van der Waals surface area contributed by atoms with Gasteiger partial charge in [-0.2, -0.15) is 0 Å². The van der Waals surface area contributed by atoms with E-state index in [2.05, 4.69) is 17.6 Å². The van der Waals surface area contributed by atoms with Crippen LogP contribution >= 0.6 is 0 Å². The van der Waals surface area contributed by atoms with E-state index in [1.165, 1.54) is 31.7 Å². The molecule has 1 aliphatic rings. The second kappa shape index (κ2) is 10.4. The maximum Gasteiger partial charge on any atom is 0.191 e. The highest BCUT2D eigenvalue weighted by atomic mass is 19.1. The number of nitrogens with zero attached hydrogens (tertiary/aromatic N) is 1. The zero-order valence-corrected chi connectivity index (χ0v) is 15.6. The van der Waals surface area contributed by atoms with Crippen LogP contribution in [0.3, 0.4) is 0 Å². The summed E-state index contributed by atoms with van der Waals surface area (Å²) in [5.41, 5.74) is 1.29. The molecule has 0 heterocycles. The number of hydrogen-bond acceptors (Lipinski definition) is 2. The van der Waals surface area contributed by atoms with Crippen LogP contribution in [-0.4, -0.2) is 39.3 Å². The number of aliphatic imine (C=N–C) groups is 1. The van der Waals surface area contributed by atoms with E-state index >= 15 is 0 Å². The molecule has 1 aromatic rings. The highest BCUT2D eigenvalue weighted by molar-refractivity contribution is 5.79. The molecule has 1 saturated carbocycles. The van der Waals surface area contributed by atoms with Crippen LogP contribution in [0.25, 0.3) is 0 Å². The monoisotopic (exact) mass is 349 g/mol. The Morgan fingerprint density at radius 2 is 2.08 bits per heavy atom. The minimum atomic E-state index is -0.181. The zero-order chi connectivity index (χ0) is 18.0. The molecule has 1 aliphatic carbocycles. The standard InChI is InChI=1S/C20H32FN3O/c1-3-22-19(23-13-9-17-7-6-8-18(21)15-17)24-16-20(12-14-25-2)10-4-5-11-20/h6-8,15H,3-5,9-14,16H2,1-2H3,(H2,22,23,24). The molecule has 2 rings (SSSR count). The molecule has 1 fully saturated rings. The number of guanidine groups is 1. The quantitative estimate of drug-likeness (QED) is 0.530. The predicted molar refractivity (Wildman–Crippen MR) is 101 cm³/mol. The Morgan fingerprint density at radius 3 is 2.76 bits per heavy atom. The molecule has 2 N–H and O–H groups in total. The third-order valence-electron chi connectivity index (χ3n) is 5.01. The van der Waals surface area contributed by atoms with E-state index < -0.39 is 0 Å². The van der Waals surface area contributed by atoms with Gasteiger partial charge >= 0.3 is 0 Å². The molecule has 0 radical (unpaired) electrons. The lowest BCUT2D eigenvalue weighted by molar-refractivity contribution is 0.141. The summed E-state index contributed by atoms with van der Waals surface area (Å²) in [6, 6.07) is 6.77. The van der Waals surface area contributed by atoms with Crippen molar-refractivity contribution in [3.05, 3.63) is 35.6 Å². The number of methoxy groups -OCH3 is 1. The number of rotatable bonds is 9. The first kappa shape index (κ1) is 19.7. The average Bonchev–Trinajstić information content (AvgIpc) is 3.07. The van der Waals surface area contributed by atoms with Crippen molar-refractivity contribution in [1.29, 1.82) is 0 Å². The van der Waals surface area contributed by atoms with Crippen LogP contribution in [0.5, 0.6) is 0 Å². The van der Waals surface area contributed by atoms with Gasteiger partial charge in [-0.25, -0.2) is 4.39 Å². The van der Waals surface area contributed by atoms with Gasteiger partial charge in [-0.05, 0) is 55.7 Å². The van der Waals surface area contributed by atoms with E-state index in [0.717, 1.165) is 50.6 Å². The lowest BCUT2D eigenvalue weighted by Gasteiger charge is -2.27. The molecular weight excluding hydrogens is 317 g/mol. The van der Waals surface area contributed by atoms with Gasteiger partial charge in [0.05, 0.1) is 0 Å². The summed E-state index contributed by atoms with van der Waals surface area (Å²) in [5, 5.41) is 6.68. The summed E-state index contributed by atoms with van der Waals surface area (Å²) < 4.78 is 18.5. The van der Waals surface area contributed by atoms with Crippen LogP contribution in [0.15, 0.2) is 29.3 Å². The first-order valence-corrected chi connectivity index (χ1v) is 9.43. The molecule has 5 heteroatoms. The van der Waals surface area contributed by atoms with Crippen LogP contribution in [0, 0.1) is 11.2 Å².